The van der Waals surface area contributed by atoms with E-state index in [0.717, 1.165) is 21.3 Å². The third-order valence-electron chi connectivity index (χ3n) is 3.80. The lowest BCUT2D eigenvalue weighted by molar-refractivity contribution is -0.121. The Morgan fingerprint density at radius 1 is 1.12 bits per heavy atom. The van der Waals surface area contributed by atoms with Gasteiger partial charge in [-0.25, -0.2) is 0 Å². The maximum absolute atomic E-state index is 12.1. The highest BCUT2D eigenvalue weighted by Crippen LogP contribution is 2.20. The van der Waals surface area contributed by atoms with Crippen molar-refractivity contribution in [3.8, 4) is 0 Å². The van der Waals surface area contributed by atoms with Gasteiger partial charge in [0.2, 0.25) is 11.8 Å². The molecule has 0 saturated carbocycles. The number of benzene rings is 2. The average Bonchev–Trinajstić information content (AvgIpc) is 2.54. The van der Waals surface area contributed by atoms with Crippen molar-refractivity contribution in [2.75, 3.05) is 11.4 Å². The van der Waals surface area contributed by atoms with Gasteiger partial charge in [0.05, 0.1) is 0 Å². The molecule has 0 atom stereocenters. The first-order chi connectivity index (χ1) is 11.5. The molecule has 2 amide bonds. The van der Waals surface area contributed by atoms with Gasteiger partial charge in [0.15, 0.2) is 0 Å². The molecular weight excluding hydrogens is 368 g/mol. The number of nitrogens with zero attached hydrogens (tertiary/aromatic N) is 1. The molecule has 0 aliphatic rings. The molecule has 2 aromatic rings. The standard InChI is InChI=1S/C19H21BrN2O2/c1-14-6-3-4-7-16(14)13-21-19(24)10-11-22(15(2)23)18-9-5-8-17(20)12-18/h3-9,12H,10-11,13H2,1-2H3,(H,21,24). The lowest BCUT2D eigenvalue weighted by atomic mass is 10.1. The van der Waals surface area contributed by atoms with E-state index in [0.29, 0.717) is 13.1 Å². The van der Waals surface area contributed by atoms with Crippen LogP contribution in [0.5, 0.6) is 0 Å². The fraction of sp³-hybridized carbons (Fsp3) is 0.263. The number of rotatable bonds is 6. The van der Waals surface area contributed by atoms with Gasteiger partial charge in [-0.3, -0.25) is 9.59 Å². The maximum Gasteiger partial charge on any atom is 0.223 e. The molecule has 0 heterocycles. The van der Waals surface area contributed by atoms with Crippen LogP contribution >= 0.6 is 15.9 Å². The van der Waals surface area contributed by atoms with Crippen LogP contribution in [-0.4, -0.2) is 18.4 Å². The third kappa shape index (κ3) is 5.20. The Hall–Kier alpha value is -2.14. The number of carbonyl (C=O) groups is 2. The molecule has 24 heavy (non-hydrogen) atoms. The van der Waals surface area contributed by atoms with Crippen molar-refractivity contribution in [2.45, 2.75) is 26.8 Å². The first kappa shape index (κ1) is 18.2. The number of hydrogen-bond acceptors (Lipinski definition) is 2. The highest BCUT2D eigenvalue weighted by Gasteiger charge is 2.13. The molecule has 0 unspecified atom stereocenters. The van der Waals surface area contributed by atoms with Crippen molar-refractivity contribution in [1.29, 1.82) is 0 Å². The van der Waals surface area contributed by atoms with Crippen LogP contribution in [0, 0.1) is 6.92 Å². The van der Waals surface area contributed by atoms with Gasteiger partial charge in [0.25, 0.3) is 0 Å². The lowest BCUT2D eigenvalue weighted by Crippen LogP contribution is -2.33. The molecule has 0 aromatic heterocycles. The van der Waals surface area contributed by atoms with E-state index in [9.17, 15) is 9.59 Å². The highest BCUT2D eigenvalue weighted by molar-refractivity contribution is 9.10. The molecule has 0 aliphatic carbocycles. The van der Waals surface area contributed by atoms with Crippen LogP contribution in [0.2, 0.25) is 0 Å². The molecule has 126 valence electrons. The van der Waals surface area contributed by atoms with E-state index in [1.54, 1.807) is 4.90 Å². The van der Waals surface area contributed by atoms with E-state index in [4.69, 9.17) is 0 Å². The average molecular weight is 389 g/mol. The number of anilines is 1. The Bertz CT molecular complexity index is 731. The summed E-state index contributed by atoms with van der Waals surface area (Å²) in [5.41, 5.74) is 3.03. The van der Waals surface area contributed by atoms with Gasteiger partial charge >= 0.3 is 0 Å². The van der Waals surface area contributed by atoms with Crippen molar-refractivity contribution < 1.29 is 9.59 Å². The van der Waals surface area contributed by atoms with Crippen LogP contribution in [0.15, 0.2) is 53.0 Å². The molecule has 2 aromatic carbocycles. The topological polar surface area (TPSA) is 49.4 Å². The first-order valence-electron chi connectivity index (χ1n) is 7.82. The van der Waals surface area contributed by atoms with E-state index in [2.05, 4.69) is 21.2 Å². The van der Waals surface area contributed by atoms with Crippen LogP contribution in [0.1, 0.15) is 24.5 Å². The molecular formula is C19H21BrN2O2. The molecule has 0 saturated heterocycles. The molecule has 2 rings (SSSR count). The summed E-state index contributed by atoms with van der Waals surface area (Å²) < 4.78 is 0.898. The number of nitrogens with one attached hydrogen (secondary N) is 1. The van der Waals surface area contributed by atoms with E-state index in [1.165, 1.54) is 6.92 Å². The van der Waals surface area contributed by atoms with Crippen LogP contribution in [-0.2, 0) is 16.1 Å². The summed E-state index contributed by atoms with van der Waals surface area (Å²) in [6.45, 7) is 4.38. The molecule has 0 radical (unpaired) electrons. The Morgan fingerprint density at radius 2 is 1.88 bits per heavy atom. The monoisotopic (exact) mass is 388 g/mol. The van der Waals surface area contributed by atoms with Crippen molar-refractivity contribution in [2.24, 2.45) is 0 Å². The van der Waals surface area contributed by atoms with E-state index in [1.807, 2.05) is 55.5 Å². The predicted molar refractivity (Wildman–Crippen MR) is 99.8 cm³/mol. The Labute approximate surface area is 151 Å². The minimum absolute atomic E-state index is 0.0699. The second-order valence-electron chi connectivity index (χ2n) is 5.60. The summed E-state index contributed by atoms with van der Waals surface area (Å²) in [5.74, 6) is -0.153. The van der Waals surface area contributed by atoms with Gasteiger partial charge < -0.3 is 10.2 Å². The van der Waals surface area contributed by atoms with Crippen molar-refractivity contribution in [3.05, 3.63) is 64.1 Å². The smallest absolute Gasteiger partial charge is 0.223 e. The van der Waals surface area contributed by atoms with Crippen LogP contribution < -0.4 is 10.2 Å². The maximum atomic E-state index is 12.1. The summed E-state index contributed by atoms with van der Waals surface area (Å²) in [5, 5.41) is 2.91. The number of halogens is 1. The molecule has 5 heteroatoms. The molecule has 4 nitrogen and oxygen atoms in total. The van der Waals surface area contributed by atoms with E-state index >= 15 is 0 Å². The van der Waals surface area contributed by atoms with E-state index in [-0.39, 0.29) is 18.2 Å². The number of hydrogen-bond donors (Lipinski definition) is 1. The summed E-state index contributed by atoms with van der Waals surface area (Å²) in [7, 11) is 0. The molecule has 1 N–H and O–H groups in total. The zero-order chi connectivity index (χ0) is 17.5. The number of carbonyl (C=O) groups excluding carboxylic acids is 2. The third-order valence-corrected chi connectivity index (χ3v) is 4.29. The summed E-state index contributed by atoms with van der Waals surface area (Å²) >= 11 is 3.40. The van der Waals surface area contributed by atoms with Crippen molar-refractivity contribution in [3.63, 3.8) is 0 Å². The zero-order valence-corrected chi connectivity index (χ0v) is 15.5. The lowest BCUT2D eigenvalue weighted by Gasteiger charge is -2.21. The quantitative estimate of drug-likeness (QED) is 0.817. The number of aryl methyl sites for hydroxylation is 1. The normalized spacial score (nSPS) is 10.3. The fourth-order valence-electron chi connectivity index (χ4n) is 2.42. The zero-order valence-electron chi connectivity index (χ0n) is 13.9. The minimum Gasteiger partial charge on any atom is -0.352 e. The minimum atomic E-state index is -0.0835. The molecule has 0 aliphatic heterocycles. The molecule has 0 fully saturated rings. The Kier molecular flexibility index (Phi) is 6.55. The largest absolute Gasteiger partial charge is 0.352 e. The molecule has 0 bridgehead atoms. The highest BCUT2D eigenvalue weighted by atomic mass is 79.9. The second-order valence-corrected chi connectivity index (χ2v) is 6.52. The predicted octanol–water partition coefficient (Wildman–Crippen LogP) is 3.82. The van der Waals surface area contributed by atoms with Gasteiger partial charge in [-0.05, 0) is 36.2 Å². The van der Waals surface area contributed by atoms with Gasteiger partial charge in [-0.1, -0.05) is 46.3 Å². The first-order valence-corrected chi connectivity index (χ1v) is 8.61. The summed E-state index contributed by atoms with van der Waals surface area (Å²) in [6.07, 6.45) is 0.262. The second kappa shape index (κ2) is 8.64. The van der Waals surface area contributed by atoms with Gasteiger partial charge in [0, 0.05) is 36.6 Å². The fourth-order valence-corrected chi connectivity index (χ4v) is 2.80. The summed E-state index contributed by atoms with van der Waals surface area (Å²) in [4.78, 5) is 25.6. The van der Waals surface area contributed by atoms with E-state index < -0.39 is 0 Å². The summed E-state index contributed by atoms with van der Waals surface area (Å²) in [6, 6.07) is 15.4. The SMILES string of the molecule is CC(=O)N(CCC(=O)NCc1ccccc1C)c1cccc(Br)c1. The van der Waals surface area contributed by atoms with Crippen LogP contribution in [0.4, 0.5) is 5.69 Å². The Balaban J connectivity index is 1.91. The van der Waals surface area contributed by atoms with Crippen LogP contribution in [0.25, 0.3) is 0 Å². The Morgan fingerprint density at radius 3 is 2.54 bits per heavy atom. The number of amides is 2. The van der Waals surface area contributed by atoms with Crippen LogP contribution in [0.3, 0.4) is 0 Å². The van der Waals surface area contributed by atoms with Gasteiger partial charge in [-0.15, -0.1) is 0 Å². The van der Waals surface area contributed by atoms with Gasteiger partial charge in [-0.2, -0.15) is 0 Å². The van der Waals surface area contributed by atoms with Crippen molar-refractivity contribution >= 4 is 33.4 Å². The van der Waals surface area contributed by atoms with Crippen molar-refractivity contribution in [1.82, 2.24) is 5.32 Å². The molecule has 0 spiro atoms. The van der Waals surface area contributed by atoms with Gasteiger partial charge in [0.1, 0.15) is 0 Å².